The molecule has 3 heteroatoms. The maximum Gasteiger partial charge on any atom is 0.299 e. The van der Waals surface area contributed by atoms with Gasteiger partial charge in [-0.1, -0.05) is 24.1 Å². The van der Waals surface area contributed by atoms with Gasteiger partial charge in [0.15, 0.2) is 0 Å². The van der Waals surface area contributed by atoms with Gasteiger partial charge < -0.3 is 10.6 Å². The van der Waals surface area contributed by atoms with Gasteiger partial charge in [-0.25, -0.2) is 0 Å². The van der Waals surface area contributed by atoms with Gasteiger partial charge in [0, 0.05) is 24.1 Å². The SMILES string of the molecule is CC1CCC(CN)CN1C(=O)C#Cc1ccccc1. The van der Waals surface area contributed by atoms with Crippen LogP contribution in [0.25, 0.3) is 0 Å². The molecule has 0 aromatic heterocycles. The van der Waals surface area contributed by atoms with Crippen molar-refractivity contribution in [3.8, 4) is 11.8 Å². The Hall–Kier alpha value is -1.79. The van der Waals surface area contributed by atoms with Crippen molar-refractivity contribution < 1.29 is 4.79 Å². The van der Waals surface area contributed by atoms with Gasteiger partial charge in [-0.3, -0.25) is 4.79 Å². The van der Waals surface area contributed by atoms with E-state index in [1.165, 1.54) is 0 Å². The summed E-state index contributed by atoms with van der Waals surface area (Å²) in [5.41, 5.74) is 6.57. The standard InChI is InChI=1S/C16H20N2O/c1-13-7-8-15(11-17)12-18(13)16(19)10-9-14-5-3-2-4-6-14/h2-6,13,15H,7-8,11-12,17H2,1H3. The zero-order valence-electron chi connectivity index (χ0n) is 11.3. The van der Waals surface area contributed by atoms with Gasteiger partial charge in [0.25, 0.3) is 5.91 Å². The van der Waals surface area contributed by atoms with Crippen molar-refractivity contribution in [2.45, 2.75) is 25.8 Å². The number of nitrogens with zero attached hydrogens (tertiary/aromatic N) is 1. The molecule has 0 saturated carbocycles. The average molecular weight is 256 g/mol. The topological polar surface area (TPSA) is 46.3 Å². The van der Waals surface area contributed by atoms with Gasteiger partial charge in [0.05, 0.1) is 0 Å². The second kappa shape index (κ2) is 6.40. The van der Waals surface area contributed by atoms with Crippen LogP contribution in [0.1, 0.15) is 25.3 Å². The summed E-state index contributed by atoms with van der Waals surface area (Å²) in [6, 6.07) is 9.85. The van der Waals surface area contributed by atoms with Crippen LogP contribution in [0.2, 0.25) is 0 Å². The van der Waals surface area contributed by atoms with Gasteiger partial charge >= 0.3 is 0 Å². The molecule has 1 aliphatic rings. The Kier molecular flexibility index (Phi) is 4.59. The maximum atomic E-state index is 12.2. The van der Waals surface area contributed by atoms with E-state index in [0.29, 0.717) is 12.5 Å². The molecule has 100 valence electrons. The van der Waals surface area contributed by atoms with Crippen LogP contribution in [0.15, 0.2) is 30.3 Å². The number of benzene rings is 1. The van der Waals surface area contributed by atoms with E-state index in [-0.39, 0.29) is 11.9 Å². The summed E-state index contributed by atoms with van der Waals surface area (Å²) in [6.07, 6.45) is 2.12. The normalized spacial score (nSPS) is 22.5. The zero-order valence-corrected chi connectivity index (χ0v) is 11.3. The van der Waals surface area contributed by atoms with E-state index in [1.54, 1.807) is 0 Å². The molecule has 2 unspecified atom stereocenters. The molecule has 0 aliphatic carbocycles. The van der Waals surface area contributed by atoms with Gasteiger partial charge in [0.2, 0.25) is 0 Å². The van der Waals surface area contributed by atoms with E-state index in [0.717, 1.165) is 24.9 Å². The largest absolute Gasteiger partial charge is 0.330 e. The summed E-state index contributed by atoms with van der Waals surface area (Å²) in [4.78, 5) is 14.0. The van der Waals surface area contributed by atoms with Crippen molar-refractivity contribution in [1.29, 1.82) is 0 Å². The second-order valence-corrected chi connectivity index (χ2v) is 5.10. The second-order valence-electron chi connectivity index (χ2n) is 5.10. The first-order valence-electron chi connectivity index (χ1n) is 6.78. The van der Waals surface area contributed by atoms with Gasteiger partial charge in [-0.2, -0.15) is 0 Å². The molecule has 0 bridgehead atoms. The van der Waals surface area contributed by atoms with Gasteiger partial charge in [0.1, 0.15) is 0 Å². The van der Waals surface area contributed by atoms with E-state index >= 15 is 0 Å². The highest BCUT2D eigenvalue weighted by Crippen LogP contribution is 2.20. The number of rotatable bonds is 1. The van der Waals surface area contributed by atoms with Crippen LogP contribution in [0, 0.1) is 17.8 Å². The van der Waals surface area contributed by atoms with E-state index in [1.807, 2.05) is 35.2 Å². The van der Waals surface area contributed by atoms with E-state index < -0.39 is 0 Å². The molecule has 1 aromatic rings. The number of amides is 1. The fourth-order valence-corrected chi connectivity index (χ4v) is 2.38. The molecule has 1 aliphatic heterocycles. The third-order valence-electron chi connectivity index (χ3n) is 3.66. The molecule has 0 spiro atoms. The molecular weight excluding hydrogens is 236 g/mol. The minimum atomic E-state index is -0.0884. The Morgan fingerprint density at radius 2 is 2.11 bits per heavy atom. The predicted octanol–water partition coefficient (Wildman–Crippen LogP) is 1.62. The Balaban J connectivity index is 2.05. The molecule has 1 aromatic carbocycles. The van der Waals surface area contributed by atoms with Crippen molar-refractivity contribution in [2.24, 2.45) is 11.7 Å². The van der Waals surface area contributed by atoms with Crippen LogP contribution in [0.5, 0.6) is 0 Å². The lowest BCUT2D eigenvalue weighted by molar-refractivity contribution is -0.129. The summed E-state index contributed by atoms with van der Waals surface area (Å²) >= 11 is 0. The molecule has 0 radical (unpaired) electrons. The number of hydrogen-bond donors (Lipinski definition) is 1. The fraction of sp³-hybridized carbons (Fsp3) is 0.438. The number of carbonyl (C=O) groups is 1. The highest BCUT2D eigenvalue weighted by atomic mass is 16.2. The van der Waals surface area contributed by atoms with Crippen molar-refractivity contribution in [3.63, 3.8) is 0 Å². The minimum absolute atomic E-state index is 0.0884. The summed E-state index contributed by atoms with van der Waals surface area (Å²) < 4.78 is 0. The molecule has 1 amide bonds. The maximum absolute atomic E-state index is 12.2. The molecule has 3 nitrogen and oxygen atoms in total. The van der Waals surface area contributed by atoms with E-state index in [4.69, 9.17) is 5.73 Å². The summed E-state index contributed by atoms with van der Waals surface area (Å²) in [5.74, 6) is 5.99. The highest BCUT2D eigenvalue weighted by Gasteiger charge is 2.27. The quantitative estimate of drug-likeness (QED) is 0.776. The lowest BCUT2D eigenvalue weighted by Crippen LogP contribution is -2.46. The van der Waals surface area contributed by atoms with Crippen LogP contribution in [-0.2, 0) is 4.79 Å². The van der Waals surface area contributed by atoms with Crippen LogP contribution in [-0.4, -0.2) is 29.9 Å². The fourth-order valence-electron chi connectivity index (χ4n) is 2.38. The summed E-state index contributed by atoms with van der Waals surface area (Å²) in [5, 5.41) is 0. The molecule has 1 heterocycles. The molecular formula is C16H20N2O. The predicted molar refractivity (Wildman–Crippen MR) is 76.3 cm³/mol. The average Bonchev–Trinajstić information content (AvgIpc) is 2.46. The van der Waals surface area contributed by atoms with Crippen LogP contribution < -0.4 is 5.73 Å². The summed E-state index contributed by atoms with van der Waals surface area (Å²) in [7, 11) is 0. The van der Waals surface area contributed by atoms with Crippen molar-refractivity contribution >= 4 is 5.91 Å². The molecule has 19 heavy (non-hydrogen) atoms. The molecule has 2 N–H and O–H groups in total. The summed E-state index contributed by atoms with van der Waals surface area (Å²) in [6.45, 7) is 3.46. The highest BCUT2D eigenvalue weighted by molar-refractivity contribution is 5.94. The zero-order chi connectivity index (χ0) is 13.7. The first-order valence-corrected chi connectivity index (χ1v) is 6.78. The first kappa shape index (κ1) is 13.6. The number of carbonyl (C=O) groups excluding carboxylic acids is 1. The third-order valence-corrected chi connectivity index (χ3v) is 3.66. The van der Waals surface area contributed by atoms with Gasteiger partial charge in [-0.15, -0.1) is 0 Å². The van der Waals surface area contributed by atoms with Crippen LogP contribution in [0.3, 0.4) is 0 Å². The van der Waals surface area contributed by atoms with Crippen LogP contribution >= 0.6 is 0 Å². The molecule has 2 rings (SSSR count). The third kappa shape index (κ3) is 3.59. The molecule has 1 fully saturated rings. The lowest BCUT2D eigenvalue weighted by atomic mass is 9.93. The van der Waals surface area contributed by atoms with Gasteiger partial charge in [-0.05, 0) is 44.4 Å². The van der Waals surface area contributed by atoms with E-state index in [2.05, 4.69) is 18.8 Å². The van der Waals surface area contributed by atoms with Crippen molar-refractivity contribution in [1.82, 2.24) is 4.90 Å². The molecule has 2 atom stereocenters. The lowest BCUT2D eigenvalue weighted by Gasteiger charge is -2.36. The van der Waals surface area contributed by atoms with Crippen molar-refractivity contribution in [3.05, 3.63) is 35.9 Å². The Morgan fingerprint density at radius 3 is 2.79 bits per heavy atom. The van der Waals surface area contributed by atoms with E-state index in [9.17, 15) is 4.79 Å². The van der Waals surface area contributed by atoms with Crippen LogP contribution in [0.4, 0.5) is 0 Å². The Labute approximate surface area is 114 Å². The monoisotopic (exact) mass is 256 g/mol. The molecule has 1 saturated heterocycles. The smallest absolute Gasteiger partial charge is 0.299 e. The number of likely N-dealkylation sites (tertiary alicyclic amines) is 1. The first-order chi connectivity index (χ1) is 9.20. The number of nitrogens with two attached hydrogens (primary N) is 1. The van der Waals surface area contributed by atoms with Crippen molar-refractivity contribution in [2.75, 3.05) is 13.1 Å². The number of hydrogen-bond acceptors (Lipinski definition) is 2. The Bertz CT molecular complexity index is 486. The minimum Gasteiger partial charge on any atom is -0.330 e. The Morgan fingerprint density at radius 1 is 1.37 bits per heavy atom. The number of piperidine rings is 1.